The molecule has 24 heavy (non-hydrogen) atoms. The summed E-state index contributed by atoms with van der Waals surface area (Å²) in [5.41, 5.74) is 2.33. The van der Waals surface area contributed by atoms with Crippen molar-refractivity contribution in [1.82, 2.24) is 0 Å². The summed E-state index contributed by atoms with van der Waals surface area (Å²) in [7, 11) is 1.43. The highest BCUT2D eigenvalue weighted by molar-refractivity contribution is 5.91. The maximum absolute atomic E-state index is 11.2. The number of benzene rings is 2. The molecule has 4 heteroatoms. The molecule has 2 aromatic rings. The van der Waals surface area contributed by atoms with Gasteiger partial charge in [0.1, 0.15) is 11.3 Å². The summed E-state index contributed by atoms with van der Waals surface area (Å²) < 4.78 is 5.02. The third-order valence-electron chi connectivity index (χ3n) is 3.14. The molecule has 0 amide bonds. The van der Waals surface area contributed by atoms with Crippen LogP contribution in [0, 0.1) is 23.7 Å². The summed E-state index contributed by atoms with van der Waals surface area (Å²) in [5, 5.41) is 17.9. The first-order chi connectivity index (χ1) is 11.6. The molecule has 0 atom stereocenters. The van der Waals surface area contributed by atoms with Crippen molar-refractivity contribution in [1.29, 1.82) is 0 Å². The Morgan fingerprint density at radius 1 is 1.00 bits per heavy atom. The Hall–Kier alpha value is -3.21. The second kappa shape index (κ2) is 8.43. The van der Waals surface area contributed by atoms with E-state index in [9.17, 15) is 4.79 Å². The van der Waals surface area contributed by atoms with Crippen LogP contribution in [0.3, 0.4) is 0 Å². The average molecular weight is 320 g/mol. The van der Waals surface area contributed by atoms with E-state index in [4.69, 9.17) is 14.9 Å². The zero-order valence-electron chi connectivity index (χ0n) is 13.2. The quantitative estimate of drug-likeness (QED) is 0.853. The molecular weight excluding hydrogens is 304 g/mol. The summed E-state index contributed by atoms with van der Waals surface area (Å²) in [6, 6.07) is 12.2. The number of aliphatic hydroxyl groups is 1. The van der Waals surface area contributed by atoms with Gasteiger partial charge in [-0.2, -0.15) is 0 Å². The van der Waals surface area contributed by atoms with Crippen LogP contribution in [0.1, 0.15) is 33.5 Å². The standard InChI is InChI=1S/C20H16O4/c1-24-19-12-11-17(14-18(19)20(22)23)10-9-16-7-5-15(6-8-16)4-2-3-13-21/h5-8,11-12,14,21H,3,13H2,1H3,(H,22,23). The Morgan fingerprint density at radius 2 is 1.58 bits per heavy atom. The predicted molar refractivity (Wildman–Crippen MR) is 91.0 cm³/mol. The molecule has 0 saturated heterocycles. The highest BCUT2D eigenvalue weighted by Gasteiger charge is 2.10. The van der Waals surface area contributed by atoms with Crippen molar-refractivity contribution >= 4 is 5.97 Å². The number of ether oxygens (including phenoxy) is 1. The number of carbonyl (C=O) groups is 1. The fourth-order valence-corrected chi connectivity index (χ4v) is 1.95. The van der Waals surface area contributed by atoms with Gasteiger partial charge in [0.15, 0.2) is 0 Å². The molecule has 0 aliphatic heterocycles. The number of carboxylic acid groups (broad SMARTS) is 1. The number of aliphatic hydroxyl groups excluding tert-OH is 1. The topological polar surface area (TPSA) is 66.8 Å². The number of carboxylic acids is 1. The van der Waals surface area contributed by atoms with Crippen LogP contribution in [0.25, 0.3) is 0 Å². The number of aromatic carboxylic acids is 1. The van der Waals surface area contributed by atoms with Gasteiger partial charge in [0, 0.05) is 23.1 Å². The zero-order valence-corrected chi connectivity index (χ0v) is 13.2. The smallest absolute Gasteiger partial charge is 0.339 e. The van der Waals surface area contributed by atoms with Gasteiger partial charge in [-0.25, -0.2) is 4.79 Å². The average Bonchev–Trinajstić information content (AvgIpc) is 2.61. The molecule has 0 bridgehead atoms. The Labute approximate surface area is 140 Å². The van der Waals surface area contributed by atoms with Crippen molar-refractivity contribution in [3.63, 3.8) is 0 Å². The number of hydrogen-bond acceptors (Lipinski definition) is 3. The van der Waals surface area contributed by atoms with Crippen LogP contribution >= 0.6 is 0 Å². The van der Waals surface area contributed by atoms with Gasteiger partial charge in [0.05, 0.1) is 13.7 Å². The van der Waals surface area contributed by atoms with E-state index < -0.39 is 5.97 Å². The van der Waals surface area contributed by atoms with Crippen LogP contribution in [0.4, 0.5) is 0 Å². The van der Waals surface area contributed by atoms with Crippen molar-refractivity contribution in [3.8, 4) is 29.4 Å². The first-order valence-electron chi connectivity index (χ1n) is 7.27. The number of rotatable bonds is 3. The minimum absolute atomic E-state index is 0.0523. The molecular formula is C20H16O4. The Bertz CT molecular complexity index is 843. The largest absolute Gasteiger partial charge is 0.496 e. The van der Waals surface area contributed by atoms with Gasteiger partial charge in [0.25, 0.3) is 0 Å². The molecule has 0 aliphatic rings. The van der Waals surface area contributed by atoms with Crippen LogP contribution in [-0.4, -0.2) is 29.9 Å². The van der Waals surface area contributed by atoms with Crippen molar-refractivity contribution in [2.75, 3.05) is 13.7 Å². The highest BCUT2D eigenvalue weighted by atomic mass is 16.5. The van der Waals surface area contributed by atoms with E-state index in [0.717, 1.165) is 11.1 Å². The van der Waals surface area contributed by atoms with E-state index in [1.165, 1.54) is 13.2 Å². The molecule has 120 valence electrons. The molecule has 2 N–H and O–H groups in total. The van der Waals surface area contributed by atoms with Crippen molar-refractivity contribution in [2.24, 2.45) is 0 Å². The van der Waals surface area contributed by atoms with Gasteiger partial charge in [-0.05, 0) is 42.5 Å². The van der Waals surface area contributed by atoms with Crippen molar-refractivity contribution in [3.05, 3.63) is 64.7 Å². The lowest BCUT2D eigenvalue weighted by Crippen LogP contribution is -2.00. The third-order valence-corrected chi connectivity index (χ3v) is 3.14. The fourth-order valence-electron chi connectivity index (χ4n) is 1.95. The lowest BCUT2D eigenvalue weighted by atomic mass is 10.1. The summed E-state index contributed by atoms with van der Waals surface area (Å²) in [4.78, 5) is 11.2. The van der Waals surface area contributed by atoms with Crippen LogP contribution in [0.15, 0.2) is 42.5 Å². The van der Waals surface area contributed by atoms with E-state index in [1.807, 2.05) is 24.3 Å². The Morgan fingerprint density at radius 3 is 2.17 bits per heavy atom. The highest BCUT2D eigenvalue weighted by Crippen LogP contribution is 2.19. The van der Waals surface area contributed by atoms with Gasteiger partial charge in [-0.1, -0.05) is 23.7 Å². The summed E-state index contributed by atoms with van der Waals surface area (Å²) in [5.74, 6) is 11.0. The molecule has 0 aliphatic carbocycles. The van der Waals surface area contributed by atoms with E-state index in [-0.39, 0.29) is 12.2 Å². The van der Waals surface area contributed by atoms with Crippen LogP contribution < -0.4 is 4.74 Å². The minimum atomic E-state index is -1.05. The lowest BCUT2D eigenvalue weighted by molar-refractivity contribution is 0.0693. The molecule has 0 fully saturated rings. The maximum Gasteiger partial charge on any atom is 0.339 e. The van der Waals surface area contributed by atoms with E-state index in [2.05, 4.69) is 23.7 Å². The van der Waals surface area contributed by atoms with E-state index in [1.54, 1.807) is 12.1 Å². The normalized spacial score (nSPS) is 9.25. The Kier molecular flexibility index (Phi) is 6.02. The zero-order chi connectivity index (χ0) is 17.4. The summed E-state index contributed by atoms with van der Waals surface area (Å²) in [6.45, 7) is 0.0523. The summed E-state index contributed by atoms with van der Waals surface area (Å²) in [6.07, 6.45) is 0.449. The van der Waals surface area contributed by atoms with Crippen LogP contribution in [-0.2, 0) is 0 Å². The van der Waals surface area contributed by atoms with Gasteiger partial charge in [-0.15, -0.1) is 0 Å². The van der Waals surface area contributed by atoms with Gasteiger partial charge in [0.2, 0.25) is 0 Å². The monoisotopic (exact) mass is 320 g/mol. The minimum Gasteiger partial charge on any atom is -0.496 e. The van der Waals surface area contributed by atoms with Crippen molar-refractivity contribution < 1.29 is 19.7 Å². The fraction of sp³-hybridized carbons (Fsp3) is 0.150. The molecule has 4 nitrogen and oxygen atoms in total. The number of hydrogen-bond donors (Lipinski definition) is 2. The van der Waals surface area contributed by atoms with E-state index >= 15 is 0 Å². The second-order valence-corrected chi connectivity index (χ2v) is 4.82. The van der Waals surface area contributed by atoms with Crippen LogP contribution in [0.2, 0.25) is 0 Å². The molecule has 0 unspecified atom stereocenters. The van der Waals surface area contributed by atoms with Crippen LogP contribution in [0.5, 0.6) is 5.75 Å². The third kappa shape index (κ3) is 4.64. The molecule has 2 rings (SSSR count). The van der Waals surface area contributed by atoms with Gasteiger partial charge in [-0.3, -0.25) is 0 Å². The molecule has 0 saturated carbocycles. The molecule has 0 heterocycles. The first-order valence-corrected chi connectivity index (χ1v) is 7.27. The molecule has 0 spiro atoms. The molecule has 0 aromatic heterocycles. The Balaban J connectivity index is 2.19. The SMILES string of the molecule is COc1ccc(C#Cc2ccc(C#CCCO)cc2)cc1C(=O)O. The lowest BCUT2D eigenvalue weighted by Gasteiger charge is -2.04. The van der Waals surface area contributed by atoms with Crippen molar-refractivity contribution in [2.45, 2.75) is 6.42 Å². The molecule has 2 aromatic carbocycles. The second-order valence-electron chi connectivity index (χ2n) is 4.82. The first kappa shape index (κ1) is 17.1. The molecule has 0 radical (unpaired) electrons. The predicted octanol–water partition coefficient (Wildman–Crippen LogP) is 2.53. The summed E-state index contributed by atoms with van der Waals surface area (Å²) >= 11 is 0. The van der Waals surface area contributed by atoms with Gasteiger partial charge < -0.3 is 14.9 Å². The maximum atomic E-state index is 11.2. The van der Waals surface area contributed by atoms with E-state index in [0.29, 0.717) is 17.7 Å². The van der Waals surface area contributed by atoms with Gasteiger partial charge >= 0.3 is 5.97 Å². The number of methoxy groups -OCH3 is 1.